The van der Waals surface area contributed by atoms with Crippen LogP contribution in [0.15, 0.2) is 78.9 Å². The molecule has 0 aromatic heterocycles. The second-order valence-electron chi connectivity index (χ2n) is 7.06. The minimum absolute atomic E-state index is 0.177. The molecule has 0 radical (unpaired) electrons. The Morgan fingerprint density at radius 3 is 2.48 bits per heavy atom. The summed E-state index contributed by atoms with van der Waals surface area (Å²) in [4.78, 5) is 12.7. The fraction of sp³-hybridized carbons (Fsp3) is 0.231. The average molecular weight is 465 g/mol. The van der Waals surface area contributed by atoms with Crippen LogP contribution < -0.4 is 20.1 Å². The van der Waals surface area contributed by atoms with E-state index in [0.717, 1.165) is 6.42 Å². The van der Waals surface area contributed by atoms with Crippen LogP contribution in [0.25, 0.3) is 0 Å². The molecule has 0 unspecified atom stereocenters. The molecule has 3 aromatic rings. The van der Waals surface area contributed by atoms with Crippen molar-refractivity contribution in [3.05, 3.63) is 90.0 Å². The van der Waals surface area contributed by atoms with E-state index in [1.165, 1.54) is 5.56 Å². The third-order valence-corrected chi connectivity index (χ3v) is 4.85. The van der Waals surface area contributed by atoms with Gasteiger partial charge in [0.25, 0.3) is 5.91 Å². The standard InChI is InChI=1S/C26H28N2O4S/c1-2-30-17-18-32-24-14-7-6-13-23(24)27-26(33)28-25(29)21-11-8-12-22(19-21)31-16-15-20-9-4-3-5-10-20/h3-14,19H,2,15-18H2,1H3,(H2,27,28,29,33). The number of hydrogen-bond acceptors (Lipinski definition) is 5. The Labute approximate surface area is 199 Å². The average Bonchev–Trinajstić information content (AvgIpc) is 2.83. The van der Waals surface area contributed by atoms with Crippen LogP contribution >= 0.6 is 12.2 Å². The van der Waals surface area contributed by atoms with E-state index in [1.807, 2.05) is 55.5 Å². The van der Waals surface area contributed by atoms with Gasteiger partial charge >= 0.3 is 0 Å². The van der Waals surface area contributed by atoms with Crippen molar-refractivity contribution in [2.45, 2.75) is 13.3 Å². The van der Waals surface area contributed by atoms with Crippen LogP contribution in [0.1, 0.15) is 22.8 Å². The van der Waals surface area contributed by atoms with E-state index in [9.17, 15) is 4.79 Å². The number of amides is 1. The van der Waals surface area contributed by atoms with Crippen molar-refractivity contribution < 1.29 is 19.0 Å². The van der Waals surface area contributed by atoms with Crippen molar-refractivity contribution in [2.75, 3.05) is 31.7 Å². The van der Waals surface area contributed by atoms with Gasteiger partial charge in [0.2, 0.25) is 0 Å². The van der Waals surface area contributed by atoms with Crippen molar-refractivity contribution in [2.24, 2.45) is 0 Å². The molecule has 3 aromatic carbocycles. The van der Waals surface area contributed by atoms with Gasteiger partial charge in [-0.3, -0.25) is 10.1 Å². The SMILES string of the molecule is CCOCCOc1ccccc1NC(=S)NC(=O)c1cccc(OCCc2ccccc2)c1. The summed E-state index contributed by atoms with van der Waals surface area (Å²) >= 11 is 5.33. The number of benzene rings is 3. The normalized spacial score (nSPS) is 10.3. The Hall–Kier alpha value is -3.42. The molecule has 0 spiro atoms. The van der Waals surface area contributed by atoms with Crippen molar-refractivity contribution in [3.63, 3.8) is 0 Å². The lowest BCUT2D eigenvalue weighted by Crippen LogP contribution is -2.34. The number of carbonyl (C=O) groups excluding carboxylic acids is 1. The molecule has 2 N–H and O–H groups in total. The summed E-state index contributed by atoms with van der Waals surface area (Å²) in [7, 11) is 0. The molecule has 0 bridgehead atoms. The van der Waals surface area contributed by atoms with Gasteiger partial charge in [-0.2, -0.15) is 0 Å². The minimum Gasteiger partial charge on any atom is -0.493 e. The van der Waals surface area contributed by atoms with Gasteiger partial charge in [-0.1, -0.05) is 48.5 Å². The highest BCUT2D eigenvalue weighted by atomic mass is 32.1. The van der Waals surface area contributed by atoms with Crippen molar-refractivity contribution in [1.82, 2.24) is 5.32 Å². The number of rotatable bonds is 11. The van der Waals surface area contributed by atoms with Gasteiger partial charge in [-0.25, -0.2) is 0 Å². The third-order valence-electron chi connectivity index (χ3n) is 4.65. The Kier molecular flexibility index (Phi) is 9.69. The van der Waals surface area contributed by atoms with Gasteiger partial charge in [0.15, 0.2) is 5.11 Å². The highest BCUT2D eigenvalue weighted by molar-refractivity contribution is 7.80. The molecule has 1 amide bonds. The number of anilines is 1. The molecule has 172 valence electrons. The van der Waals surface area contributed by atoms with Crippen LogP contribution in [0.5, 0.6) is 11.5 Å². The molecule has 33 heavy (non-hydrogen) atoms. The van der Waals surface area contributed by atoms with Gasteiger partial charge in [0, 0.05) is 18.6 Å². The maximum absolute atomic E-state index is 12.7. The number of para-hydroxylation sites is 2. The molecule has 0 saturated heterocycles. The van der Waals surface area contributed by atoms with Crippen LogP contribution in [0, 0.1) is 0 Å². The van der Waals surface area contributed by atoms with E-state index in [2.05, 4.69) is 22.8 Å². The number of ether oxygens (including phenoxy) is 3. The Morgan fingerprint density at radius 2 is 1.67 bits per heavy atom. The second kappa shape index (κ2) is 13.2. The van der Waals surface area contributed by atoms with Gasteiger partial charge in [0.1, 0.15) is 18.1 Å². The Bertz CT molecular complexity index is 1040. The van der Waals surface area contributed by atoms with E-state index in [4.69, 9.17) is 26.4 Å². The van der Waals surface area contributed by atoms with Crippen molar-refractivity contribution >= 4 is 28.9 Å². The first-order valence-corrected chi connectivity index (χ1v) is 11.2. The fourth-order valence-electron chi connectivity index (χ4n) is 3.04. The molecule has 0 fully saturated rings. The van der Waals surface area contributed by atoms with Crippen LogP contribution in [0.2, 0.25) is 0 Å². The molecule has 0 atom stereocenters. The molecular formula is C26H28N2O4S. The summed E-state index contributed by atoms with van der Waals surface area (Å²) in [6.07, 6.45) is 0.789. The van der Waals surface area contributed by atoms with Gasteiger partial charge in [0.05, 0.1) is 18.9 Å². The lowest BCUT2D eigenvalue weighted by Gasteiger charge is -2.14. The zero-order chi connectivity index (χ0) is 23.3. The molecule has 0 aliphatic rings. The highest BCUT2D eigenvalue weighted by Crippen LogP contribution is 2.23. The lowest BCUT2D eigenvalue weighted by molar-refractivity contribution is 0.0977. The van der Waals surface area contributed by atoms with Crippen LogP contribution in [0.3, 0.4) is 0 Å². The first-order valence-electron chi connectivity index (χ1n) is 10.8. The van der Waals surface area contributed by atoms with Crippen LogP contribution in [-0.4, -0.2) is 37.4 Å². The highest BCUT2D eigenvalue weighted by Gasteiger charge is 2.11. The molecular weight excluding hydrogens is 436 g/mol. The largest absolute Gasteiger partial charge is 0.493 e. The molecule has 0 saturated carbocycles. The number of nitrogens with one attached hydrogen (secondary N) is 2. The molecule has 0 aliphatic heterocycles. The van der Waals surface area contributed by atoms with E-state index < -0.39 is 0 Å². The van der Waals surface area contributed by atoms with E-state index in [-0.39, 0.29) is 11.0 Å². The molecule has 0 heterocycles. The summed E-state index contributed by atoms with van der Waals surface area (Å²) in [5.74, 6) is 0.934. The first kappa shape index (κ1) is 24.2. The summed E-state index contributed by atoms with van der Waals surface area (Å²) in [6.45, 7) is 4.01. The van der Waals surface area contributed by atoms with Gasteiger partial charge in [-0.15, -0.1) is 0 Å². The number of thiocarbonyl (C=S) groups is 1. The zero-order valence-corrected chi connectivity index (χ0v) is 19.4. The quantitative estimate of drug-likeness (QED) is 0.312. The first-order chi connectivity index (χ1) is 16.2. The molecule has 3 rings (SSSR count). The van der Waals surface area contributed by atoms with Gasteiger partial charge < -0.3 is 19.5 Å². The molecule has 7 heteroatoms. The fourth-order valence-corrected chi connectivity index (χ4v) is 3.24. The summed E-state index contributed by atoms with van der Waals surface area (Å²) < 4.78 is 16.9. The maximum atomic E-state index is 12.7. The predicted octanol–water partition coefficient (Wildman–Crippen LogP) is 4.85. The summed E-state index contributed by atoms with van der Waals surface area (Å²) in [6, 6.07) is 24.5. The van der Waals surface area contributed by atoms with Crippen molar-refractivity contribution in [1.29, 1.82) is 0 Å². The Balaban J connectivity index is 1.51. The maximum Gasteiger partial charge on any atom is 0.257 e. The molecule has 6 nitrogen and oxygen atoms in total. The van der Waals surface area contributed by atoms with E-state index in [0.29, 0.717) is 49.2 Å². The smallest absolute Gasteiger partial charge is 0.257 e. The van der Waals surface area contributed by atoms with Gasteiger partial charge in [-0.05, 0) is 55.0 Å². The third kappa shape index (κ3) is 8.21. The zero-order valence-electron chi connectivity index (χ0n) is 18.6. The second-order valence-corrected chi connectivity index (χ2v) is 7.47. The van der Waals surface area contributed by atoms with Crippen LogP contribution in [-0.2, 0) is 11.2 Å². The monoisotopic (exact) mass is 464 g/mol. The predicted molar refractivity (Wildman–Crippen MR) is 134 cm³/mol. The van der Waals surface area contributed by atoms with Crippen molar-refractivity contribution in [3.8, 4) is 11.5 Å². The van der Waals surface area contributed by atoms with E-state index in [1.54, 1.807) is 18.2 Å². The topological polar surface area (TPSA) is 68.8 Å². The van der Waals surface area contributed by atoms with Crippen LogP contribution in [0.4, 0.5) is 5.69 Å². The lowest BCUT2D eigenvalue weighted by atomic mass is 10.2. The minimum atomic E-state index is -0.323. The van der Waals surface area contributed by atoms with E-state index >= 15 is 0 Å². The number of hydrogen-bond donors (Lipinski definition) is 2. The summed E-state index contributed by atoms with van der Waals surface area (Å²) in [5.41, 5.74) is 2.32. The molecule has 0 aliphatic carbocycles. The Morgan fingerprint density at radius 1 is 0.879 bits per heavy atom. The number of carbonyl (C=O) groups is 1. The summed E-state index contributed by atoms with van der Waals surface area (Å²) in [5, 5.41) is 5.90.